The Bertz CT molecular complexity index is 3150. The Balaban J connectivity index is 0.870. The molecule has 4 nitrogen and oxygen atoms in total. The molecule has 0 N–H and O–H groups in total. The molecule has 8 aromatic rings. The third kappa shape index (κ3) is 5.44. The summed E-state index contributed by atoms with van der Waals surface area (Å²) >= 11 is 0. The maximum Gasteiger partial charge on any atom is 0.163 e. The molecule has 7 aliphatic rings. The number of fused-ring (bicyclic) bond motifs is 10. The summed E-state index contributed by atoms with van der Waals surface area (Å²) in [6.07, 6.45) is 13.8. The molecule has 0 saturated heterocycles. The van der Waals surface area contributed by atoms with Crippen LogP contribution in [0.25, 0.3) is 51.1 Å². The van der Waals surface area contributed by atoms with Gasteiger partial charge in [0.05, 0.1) is 5.41 Å². The highest BCUT2D eigenvalue weighted by atomic mass is 16.5. The number of ether oxygens (including phenoxy) is 1. The number of aromatic nitrogens is 3. The lowest BCUT2D eigenvalue weighted by Gasteiger charge is -2.57. The van der Waals surface area contributed by atoms with Crippen LogP contribution in [-0.4, -0.2) is 15.0 Å². The minimum Gasteiger partial charge on any atom is -0.457 e. The van der Waals surface area contributed by atoms with E-state index in [0.29, 0.717) is 11.2 Å². The molecule has 308 valence electrons. The van der Waals surface area contributed by atoms with Crippen LogP contribution in [0.3, 0.4) is 0 Å². The molecule has 1 atom stereocenters. The van der Waals surface area contributed by atoms with Gasteiger partial charge in [-0.25, -0.2) is 15.0 Å². The van der Waals surface area contributed by atoms with E-state index in [4.69, 9.17) is 19.7 Å². The second-order valence-corrected chi connectivity index (χ2v) is 19.7. The van der Waals surface area contributed by atoms with E-state index in [2.05, 4.69) is 176 Å². The van der Waals surface area contributed by atoms with Crippen molar-refractivity contribution >= 4 is 6.08 Å². The molecule has 15 rings (SSSR count). The van der Waals surface area contributed by atoms with Gasteiger partial charge in [-0.1, -0.05) is 152 Å². The summed E-state index contributed by atoms with van der Waals surface area (Å²) in [5.41, 5.74) is 15.7. The first-order valence-electron chi connectivity index (χ1n) is 23.4. The van der Waals surface area contributed by atoms with Gasteiger partial charge in [-0.3, -0.25) is 0 Å². The van der Waals surface area contributed by atoms with Gasteiger partial charge in [-0.15, -0.1) is 0 Å². The molecular formula is C60H47N3O. The highest BCUT2D eigenvalue weighted by Gasteiger charge is 2.52. The first-order chi connectivity index (χ1) is 31.6. The van der Waals surface area contributed by atoms with Crippen molar-refractivity contribution in [3.63, 3.8) is 0 Å². The first-order valence-corrected chi connectivity index (χ1v) is 23.4. The summed E-state index contributed by atoms with van der Waals surface area (Å²) in [4.78, 5) is 15.9. The molecule has 6 aliphatic carbocycles. The summed E-state index contributed by atoms with van der Waals surface area (Å²) < 4.78 is 6.57. The fraction of sp³-hybridized carbons (Fsp3) is 0.217. The Hall–Kier alpha value is -6.91. The summed E-state index contributed by atoms with van der Waals surface area (Å²) in [6, 6.07) is 60.0. The molecule has 2 heterocycles. The largest absolute Gasteiger partial charge is 0.457 e. The van der Waals surface area contributed by atoms with E-state index in [1.54, 1.807) is 0 Å². The molecule has 7 aromatic carbocycles. The lowest BCUT2D eigenvalue weighted by Crippen LogP contribution is -2.48. The minimum atomic E-state index is -0.489. The van der Waals surface area contributed by atoms with Crippen molar-refractivity contribution in [2.75, 3.05) is 0 Å². The molecule has 1 spiro atoms. The summed E-state index contributed by atoms with van der Waals surface area (Å²) in [6.45, 7) is 0. The van der Waals surface area contributed by atoms with Crippen LogP contribution in [0.15, 0.2) is 170 Å². The third-order valence-electron chi connectivity index (χ3n) is 16.1. The number of benzene rings is 7. The molecule has 4 fully saturated rings. The minimum absolute atomic E-state index is 0.0504. The van der Waals surface area contributed by atoms with Crippen LogP contribution in [-0.2, 0) is 17.3 Å². The maximum absolute atomic E-state index is 6.57. The van der Waals surface area contributed by atoms with E-state index < -0.39 is 5.41 Å². The Morgan fingerprint density at radius 2 is 1.06 bits per heavy atom. The van der Waals surface area contributed by atoms with Crippen molar-refractivity contribution in [2.45, 2.75) is 61.7 Å². The van der Waals surface area contributed by atoms with Crippen molar-refractivity contribution in [1.29, 1.82) is 0 Å². The summed E-state index contributed by atoms with van der Waals surface area (Å²) in [7, 11) is 0. The average Bonchev–Trinajstić information content (AvgIpc) is 3.63. The van der Waals surface area contributed by atoms with Gasteiger partial charge in [0.1, 0.15) is 17.3 Å². The van der Waals surface area contributed by atoms with E-state index in [0.717, 1.165) is 69.6 Å². The normalized spacial score (nSPS) is 23.4. The predicted octanol–water partition coefficient (Wildman–Crippen LogP) is 14.2. The number of allylic oxidation sites excluding steroid dienone is 1. The number of nitrogens with zero attached hydrogens (tertiary/aromatic N) is 3. The van der Waals surface area contributed by atoms with Crippen LogP contribution >= 0.6 is 0 Å². The molecule has 4 heteroatoms. The molecule has 1 unspecified atom stereocenters. The molecule has 64 heavy (non-hydrogen) atoms. The van der Waals surface area contributed by atoms with Crippen LogP contribution in [0.4, 0.5) is 0 Å². The SMILES string of the molecule is C1=CC(c2nc(-c3ccc(C45CC6C[C@H](C4)C[C@H](C6)C5)cc3)nc(-c3cccc(-c4ccc5c(c4)-c4ccccc4C54c5ccccc5Oc5ccccc54)c3)n2)Cc2ccccc21. The maximum atomic E-state index is 6.57. The van der Waals surface area contributed by atoms with Crippen LogP contribution in [0, 0.1) is 17.8 Å². The zero-order chi connectivity index (χ0) is 42.0. The Labute approximate surface area is 374 Å². The Kier molecular flexibility index (Phi) is 7.88. The second kappa shape index (κ2) is 13.8. The third-order valence-corrected chi connectivity index (χ3v) is 16.1. The van der Waals surface area contributed by atoms with Crippen molar-refractivity contribution in [2.24, 2.45) is 17.8 Å². The molecule has 1 aromatic heterocycles. The lowest BCUT2D eigenvalue weighted by molar-refractivity contribution is -0.00518. The van der Waals surface area contributed by atoms with Crippen LogP contribution < -0.4 is 4.74 Å². The van der Waals surface area contributed by atoms with Gasteiger partial charge in [0.25, 0.3) is 0 Å². The smallest absolute Gasteiger partial charge is 0.163 e. The monoisotopic (exact) mass is 825 g/mol. The molecule has 0 amide bonds. The van der Waals surface area contributed by atoms with E-state index in [1.165, 1.54) is 88.6 Å². The zero-order valence-electron chi connectivity index (χ0n) is 35.8. The first kappa shape index (κ1) is 36.6. The van der Waals surface area contributed by atoms with Gasteiger partial charge >= 0.3 is 0 Å². The van der Waals surface area contributed by atoms with Gasteiger partial charge < -0.3 is 4.74 Å². The number of hydrogen-bond donors (Lipinski definition) is 0. The summed E-state index contributed by atoms with van der Waals surface area (Å²) in [5, 5.41) is 0. The lowest BCUT2D eigenvalue weighted by atomic mass is 9.48. The summed E-state index contributed by atoms with van der Waals surface area (Å²) in [5.74, 6) is 6.87. The van der Waals surface area contributed by atoms with Crippen LogP contribution in [0.1, 0.15) is 89.2 Å². The molecule has 4 saturated carbocycles. The van der Waals surface area contributed by atoms with Gasteiger partial charge in [0.2, 0.25) is 0 Å². The van der Waals surface area contributed by atoms with E-state index in [9.17, 15) is 0 Å². The number of rotatable bonds is 5. The second-order valence-electron chi connectivity index (χ2n) is 19.7. The Morgan fingerprint density at radius 3 is 1.81 bits per heavy atom. The molecule has 1 aliphatic heterocycles. The average molecular weight is 826 g/mol. The molecule has 4 bridgehead atoms. The van der Waals surface area contributed by atoms with E-state index >= 15 is 0 Å². The Morgan fingerprint density at radius 1 is 0.469 bits per heavy atom. The topological polar surface area (TPSA) is 47.9 Å². The van der Waals surface area contributed by atoms with Crippen molar-refractivity contribution in [1.82, 2.24) is 15.0 Å². The zero-order valence-corrected chi connectivity index (χ0v) is 35.8. The molecular weight excluding hydrogens is 779 g/mol. The number of hydrogen-bond acceptors (Lipinski definition) is 4. The quantitative estimate of drug-likeness (QED) is 0.173. The van der Waals surface area contributed by atoms with Gasteiger partial charge in [-0.2, -0.15) is 0 Å². The predicted molar refractivity (Wildman–Crippen MR) is 255 cm³/mol. The van der Waals surface area contributed by atoms with Crippen molar-refractivity contribution in [3.05, 3.63) is 215 Å². The van der Waals surface area contributed by atoms with Crippen LogP contribution in [0.2, 0.25) is 0 Å². The highest BCUT2D eigenvalue weighted by Crippen LogP contribution is 2.63. The molecule has 0 radical (unpaired) electrons. The van der Waals surface area contributed by atoms with E-state index in [-0.39, 0.29) is 5.92 Å². The van der Waals surface area contributed by atoms with Crippen molar-refractivity contribution in [3.8, 4) is 56.5 Å². The van der Waals surface area contributed by atoms with Gasteiger partial charge in [-0.05, 0) is 142 Å². The fourth-order valence-electron chi connectivity index (χ4n) is 13.7. The highest BCUT2D eigenvalue weighted by molar-refractivity contribution is 5.91. The van der Waals surface area contributed by atoms with E-state index in [1.807, 2.05) is 0 Å². The van der Waals surface area contributed by atoms with Gasteiger partial charge in [0.15, 0.2) is 11.6 Å². The van der Waals surface area contributed by atoms with Crippen molar-refractivity contribution < 1.29 is 4.74 Å². The fourth-order valence-corrected chi connectivity index (χ4v) is 13.7. The van der Waals surface area contributed by atoms with Crippen LogP contribution in [0.5, 0.6) is 11.5 Å². The number of para-hydroxylation sites is 2. The van der Waals surface area contributed by atoms with Gasteiger partial charge in [0, 0.05) is 28.2 Å². The standard InChI is InChI=1S/C60H47N3O/c1-2-11-42-31-46(21-20-40(42)10-1)58-62-56(41-22-25-47(26-23-41)59-34-37-28-38(35-59)30-39(29-37)36-59)61-57(63-58)45-13-9-12-43(32-45)44-24-27-51-49(33-44)48-14-3-4-15-50(48)60(51)52-16-5-7-18-54(52)64-55-19-8-6-17-53(55)60/h1-27,32-33,37-39,46H,28-31,34-36H2/t37-,38-,39?,46?,59?/m1/s1.